The van der Waals surface area contributed by atoms with Crippen LogP contribution in [0.3, 0.4) is 0 Å². The fraction of sp³-hybridized carbons (Fsp3) is 0.895. The average Bonchev–Trinajstić information content (AvgIpc) is 2.57. The molecule has 0 radical (unpaired) electrons. The molecule has 0 aromatic heterocycles. The summed E-state index contributed by atoms with van der Waals surface area (Å²) >= 11 is 0. The Morgan fingerprint density at radius 2 is 2.00 bits per heavy atom. The van der Waals surface area contributed by atoms with Crippen molar-refractivity contribution >= 4 is 12.0 Å². The van der Waals surface area contributed by atoms with Gasteiger partial charge in [0.2, 0.25) is 0 Å². The van der Waals surface area contributed by atoms with Gasteiger partial charge in [0.15, 0.2) is 0 Å². The molecule has 0 spiro atoms. The minimum atomic E-state index is -0.792. The first kappa shape index (κ1) is 21.0. The van der Waals surface area contributed by atoms with Crippen LogP contribution in [0.15, 0.2) is 0 Å². The third-order valence-electron chi connectivity index (χ3n) is 5.81. The lowest BCUT2D eigenvalue weighted by atomic mass is 9.85. The molecule has 2 amide bonds. The standard InChI is InChI=1S/C19H36N4O3/c1-3-22(14-18(24)25)17-12-16(13-17)21-19(26)20-9-5-7-11-23-10-6-4-8-15(23)2/h15-17H,3-14H2,1-2H3,(H,24,25)(H2,20,21,26). The smallest absolute Gasteiger partial charge is 0.317 e. The number of carboxylic acids is 1. The minimum Gasteiger partial charge on any atom is -0.480 e. The molecule has 1 saturated carbocycles. The maximum Gasteiger partial charge on any atom is 0.317 e. The number of nitrogens with one attached hydrogen (secondary N) is 2. The molecule has 1 heterocycles. The van der Waals surface area contributed by atoms with Crippen molar-refractivity contribution in [2.75, 3.05) is 32.7 Å². The zero-order valence-electron chi connectivity index (χ0n) is 16.4. The zero-order chi connectivity index (χ0) is 18.9. The van der Waals surface area contributed by atoms with Gasteiger partial charge in [-0.15, -0.1) is 0 Å². The van der Waals surface area contributed by atoms with Crippen molar-refractivity contribution in [2.24, 2.45) is 0 Å². The van der Waals surface area contributed by atoms with Crippen LogP contribution < -0.4 is 10.6 Å². The van der Waals surface area contributed by atoms with Crippen LogP contribution >= 0.6 is 0 Å². The fourth-order valence-corrected chi connectivity index (χ4v) is 4.04. The topological polar surface area (TPSA) is 84.9 Å². The molecule has 1 aliphatic heterocycles. The number of likely N-dealkylation sites (N-methyl/N-ethyl adjacent to an activating group) is 1. The van der Waals surface area contributed by atoms with Crippen molar-refractivity contribution in [1.82, 2.24) is 20.4 Å². The van der Waals surface area contributed by atoms with Crippen molar-refractivity contribution in [3.05, 3.63) is 0 Å². The summed E-state index contributed by atoms with van der Waals surface area (Å²) in [5, 5.41) is 14.8. The predicted molar refractivity (Wildman–Crippen MR) is 102 cm³/mol. The Labute approximate surface area is 157 Å². The molecular formula is C19H36N4O3. The summed E-state index contributed by atoms with van der Waals surface area (Å²) in [5.74, 6) is -0.792. The van der Waals surface area contributed by atoms with E-state index >= 15 is 0 Å². The van der Waals surface area contributed by atoms with Crippen molar-refractivity contribution < 1.29 is 14.7 Å². The third kappa shape index (κ3) is 6.76. The van der Waals surface area contributed by atoms with Gasteiger partial charge in [0, 0.05) is 24.7 Å². The number of amides is 2. The minimum absolute atomic E-state index is 0.0791. The van der Waals surface area contributed by atoms with E-state index in [1.807, 2.05) is 11.8 Å². The van der Waals surface area contributed by atoms with E-state index in [-0.39, 0.29) is 24.7 Å². The summed E-state index contributed by atoms with van der Waals surface area (Å²) in [7, 11) is 0. The third-order valence-corrected chi connectivity index (χ3v) is 5.81. The van der Waals surface area contributed by atoms with E-state index in [4.69, 9.17) is 5.11 Å². The number of aliphatic carboxylic acids is 1. The Bertz CT molecular complexity index is 454. The SMILES string of the molecule is CCN(CC(=O)O)C1CC(NC(=O)NCCCCN2CCCCC2C)C1. The number of carbonyl (C=O) groups is 2. The zero-order valence-corrected chi connectivity index (χ0v) is 16.4. The van der Waals surface area contributed by atoms with Gasteiger partial charge in [-0.3, -0.25) is 9.69 Å². The second-order valence-corrected chi connectivity index (χ2v) is 7.77. The summed E-state index contributed by atoms with van der Waals surface area (Å²) in [5.41, 5.74) is 0. The Balaban J connectivity index is 1.50. The average molecular weight is 369 g/mol. The van der Waals surface area contributed by atoms with E-state index in [9.17, 15) is 9.59 Å². The highest BCUT2D eigenvalue weighted by Gasteiger charge is 2.34. The number of piperidine rings is 1. The quantitative estimate of drug-likeness (QED) is 0.513. The number of rotatable bonds is 10. The van der Waals surface area contributed by atoms with Crippen molar-refractivity contribution in [3.63, 3.8) is 0 Å². The van der Waals surface area contributed by atoms with Crippen LogP contribution in [0.2, 0.25) is 0 Å². The predicted octanol–water partition coefficient (Wildman–Crippen LogP) is 1.88. The summed E-state index contributed by atoms with van der Waals surface area (Å²) in [4.78, 5) is 27.3. The second kappa shape index (κ2) is 10.7. The molecule has 1 atom stereocenters. The summed E-state index contributed by atoms with van der Waals surface area (Å²) < 4.78 is 0. The van der Waals surface area contributed by atoms with Crippen LogP contribution in [-0.4, -0.2) is 77.8 Å². The van der Waals surface area contributed by atoms with Gasteiger partial charge in [-0.05, 0) is 65.1 Å². The van der Waals surface area contributed by atoms with Gasteiger partial charge in [0.25, 0.3) is 0 Å². The van der Waals surface area contributed by atoms with Crippen molar-refractivity contribution in [1.29, 1.82) is 0 Å². The molecular weight excluding hydrogens is 332 g/mol. The molecule has 2 rings (SSSR count). The number of hydrogen-bond acceptors (Lipinski definition) is 4. The van der Waals surface area contributed by atoms with Crippen molar-refractivity contribution in [3.8, 4) is 0 Å². The highest BCUT2D eigenvalue weighted by molar-refractivity contribution is 5.74. The lowest BCUT2D eigenvalue weighted by molar-refractivity contribution is -0.139. The Morgan fingerprint density at radius 1 is 1.23 bits per heavy atom. The Hall–Kier alpha value is -1.34. The van der Waals surface area contributed by atoms with Crippen LogP contribution in [0.4, 0.5) is 4.79 Å². The van der Waals surface area contributed by atoms with Crippen LogP contribution in [-0.2, 0) is 4.79 Å². The molecule has 0 aromatic rings. The number of nitrogens with zero attached hydrogens (tertiary/aromatic N) is 2. The molecule has 2 aliphatic rings. The first-order valence-corrected chi connectivity index (χ1v) is 10.2. The van der Waals surface area contributed by atoms with E-state index in [0.29, 0.717) is 12.6 Å². The van der Waals surface area contributed by atoms with Gasteiger partial charge in [0.1, 0.15) is 0 Å². The molecule has 7 nitrogen and oxygen atoms in total. The molecule has 1 unspecified atom stereocenters. The first-order valence-electron chi connectivity index (χ1n) is 10.2. The van der Waals surface area contributed by atoms with Gasteiger partial charge in [-0.25, -0.2) is 4.79 Å². The number of unbranched alkanes of at least 4 members (excludes halogenated alkanes) is 1. The molecule has 1 saturated heterocycles. The number of carboxylic acid groups (broad SMARTS) is 1. The maximum absolute atomic E-state index is 11.9. The number of urea groups is 1. The molecule has 2 fully saturated rings. The van der Waals surface area contributed by atoms with Gasteiger partial charge >= 0.3 is 12.0 Å². The van der Waals surface area contributed by atoms with E-state index in [1.54, 1.807) is 0 Å². The highest BCUT2D eigenvalue weighted by atomic mass is 16.4. The molecule has 1 aliphatic carbocycles. The van der Waals surface area contributed by atoms with E-state index < -0.39 is 5.97 Å². The lowest BCUT2D eigenvalue weighted by Gasteiger charge is -2.42. The summed E-state index contributed by atoms with van der Waals surface area (Å²) in [6.45, 7) is 8.15. The number of carbonyl (C=O) groups excluding carboxylic acids is 1. The molecule has 0 bridgehead atoms. The second-order valence-electron chi connectivity index (χ2n) is 7.77. The van der Waals surface area contributed by atoms with Gasteiger partial charge in [-0.1, -0.05) is 13.3 Å². The van der Waals surface area contributed by atoms with Gasteiger partial charge in [-0.2, -0.15) is 0 Å². The number of hydrogen-bond donors (Lipinski definition) is 3. The first-order chi connectivity index (χ1) is 12.5. The number of likely N-dealkylation sites (tertiary alicyclic amines) is 1. The van der Waals surface area contributed by atoms with Crippen LogP contribution in [0.25, 0.3) is 0 Å². The van der Waals surface area contributed by atoms with Crippen LogP contribution in [0.1, 0.15) is 58.8 Å². The van der Waals surface area contributed by atoms with Gasteiger partial charge in [0.05, 0.1) is 6.54 Å². The molecule has 26 heavy (non-hydrogen) atoms. The maximum atomic E-state index is 11.9. The normalized spacial score (nSPS) is 26.3. The van der Waals surface area contributed by atoms with E-state index in [2.05, 4.69) is 22.5 Å². The van der Waals surface area contributed by atoms with E-state index in [0.717, 1.165) is 38.8 Å². The fourth-order valence-electron chi connectivity index (χ4n) is 4.04. The van der Waals surface area contributed by atoms with Crippen LogP contribution in [0.5, 0.6) is 0 Å². The van der Waals surface area contributed by atoms with Crippen LogP contribution in [0, 0.1) is 0 Å². The summed E-state index contributed by atoms with van der Waals surface area (Å²) in [6, 6.07) is 1.04. The monoisotopic (exact) mass is 368 g/mol. The Kier molecular flexibility index (Phi) is 8.65. The largest absolute Gasteiger partial charge is 0.480 e. The van der Waals surface area contributed by atoms with Gasteiger partial charge < -0.3 is 20.6 Å². The Morgan fingerprint density at radius 3 is 2.65 bits per heavy atom. The van der Waals surface area contributed by atoms with Crippen molar-refractivity contribution in [2.45, 2.75) is 76.9 Å². The lowest BCUT2D eigenvalue weighted by Crippen LogP contribution is -2.56. The van der Waals surface area contributed by atoms with E-state index in [1.165, 1.54) is 25.8 Å². The molecule has 3 N–H and O–H groups in total. The highest BCUT2D eigenvalue weighted by Crippen LogP contribution is 2.25. The summed E-state index contributed by atoms with van der Waals surface area (Å²) in [6.07, 6.45) is 7.78. The molecule has 7 heteroatoms. The molecule has 150 valence electrons. The molecule has 0 aromatic carbocycles.